The molecule has 350 valence electrons. The third-order valence-electron chi connectivity index (χ3n) is 12.0. The first-order valence-corrected chi connectivity index (χ1v) is 26.2. The van der Waals surface area contributed by atoms with Crippen LogP contribution in [0.3, 0.4) is 0 Å². The molecule has 6 nitrogen and oxygen atoms in total. The van der Waals surface area contributed by atoms with Crippen molar-refractivity contribution in [1.82, 2.24) is 0 Å². The molecule has 0 N–H and O–H groups in total. The van der Waals surface area contributed by atoms with E-state index in [2.05, 4.69) is 34.6 Å². The van der Waals surface area contributed by atoms with Gasteiger partial charge in [-0.3, -0.25) is 14.4 Å². The van der Waals surface area contributed by atoms with Crippen molar-refractivity contribution in [3.05, 3.63) is 0 Å². The summed E-state index contributed by atoms with van der Waals surface area (Å²) in [7, 11) is 0. The van der Waals surface area contributed by atoms with Crippen molar-refractivity contribution < 1.29 is 28.6 Å². The summed E-state index contributed by atoms with van der Waals surface area (Å²) in [6.07, 6.45) is 46.7. The quantitative estimate of drug-likeness (QED) is 0.0345. The van der Waals surface area contributed by atoms with Gasteiger partial charge < -0.3 is 14.2 Å². The normalized spacial score (nSPS) is 12.1. The van der Waals surface area contributed by atoms with Crippen LogP contribution in [0.1, 0.15) is 291 Å². The van der Waals surface area contributed by atoms with Crippen LogP contribution in [0.25, 0.3) is 0 Å². The summed E-state index contributed by atoms with van der Waals surface area (Å²) in [5, 5.41) is 0. The van der Waals surface area contributed by atoms with E-state index in [0.717, 1.165) is 69.6 Å². The number of carbonyl (C=O) groups excluding carboxylic acids is 3. The van der Waals surface area contributed by atoms with E-state index in [4.69, 9.17) is 14.2 Å². The van der Waals surface area contributed by atoms with Crippen LogP contribution >= 0.6 is 0 Å². The number of rotatable bonds is 47. The van der Waals surface area contributed by atoms with Gasteiger partial charge in [-0.05, 0) is 31.1 Å². The van der Waals surface area contributed by atoms with Crippen LogP contribution in [0.4, 0.5) is 0 Å². The van der Waals surface area contributed by atoms with Gasteiger partial charge in [0.05, 0.1) is 0 Å². The highest BCUT2D eigenvalue weighted by molar-refractivity contribution is 5.71. The Labute approximate surface area is 368 Å². The summed E-state index contributed by atoms with van der Waals surface area (Å²) < 4.78 is 16.8. The molecule has 6 heteroatoms. The van der Waals surface area contributed by atoms with Crippen LogP contribution < -0.4 is 0 Å². The van der Waals surface area contributed by atoms with E-state index in [-0.39, 0.29) is 31.1 Å². The maximum absolute atomic E-state index is 12.8. The van der Waals surface area contributed by atoms with Crippen LogP contribution in [0, 0.1) is 11.8 Å². The second-order valence-corrected chi connectivity index (χ2v) is 19.1. The van der Waals surface area contributed by atoms with E-state index < -0.39 is 6.10 Å². The molecule has 0 spiro atoms. The van der Waals surface area contributed by atoms with Crippen molar-refractivity contribution in [3.8, 4) is 0 Å². The molecule has 0 heterocycles. The fraction of sp³-hybridized carbons (Fsp3) is 0.943. The number of ether oxygens (including phenoxy) is 3. The van der Waals surface area contributed by atoms with Gasteiger partial charge in [-0.2, -0.15) is 0 Å². The van der Waals surface area contributed by atoms with E-state index in [9.17, 15) is 14.4 Å². The van der Waals surface area contributed by atoms with Crippen molar-refractivity contribution in [3.63, 3.8) is 0 Å². The minimum absolute atomic E-state index is 0.0640. The molecule has 0 aromatic rings. The number of hydrogen-bond acceptors (Lipinski definition) is 6. The molecule has 0 saturated carbocycles. The summed E-state index contributed by atoms with van der Waals surface area (Å²) in [4.78, 5) is 37.9. The number of carbonyl (C=O) groups is 3. The molecule has 0 aliphatic rings. The Hall–Kier alpha value is -1.59. The molecule has 0 radical (unpaired) electrons. The van der Waals surface area contributed by atoms with Crippen molar-refractivity contribution >= 4 is 17.9 Å². The van der Waals surface area contributed by atoms with Gasteiger partial charge in [0.1, 0.15) is 13.2 Å². The van der Waals surface area contributed by atoms with E-state index in [1.165, 1.54) is 180 Å². The molecular weight excluding hydrogens is 733 g/mol. The summed E-state index contributed by atoms with van der Waals surface area (Å²) in [6.45, 7) is 11.3. The van der Waals surface area contributed by atoms with Gasteiger partial charge >= 0.3 is 17.9 Å². The predicted octanol–water partition coefficient (Wildman–Crippen LogP) is 16.9. The first kappa shape index (κ1) is 57.4. The average Bonchev–Trinajstić information content (AvgIpc) is 3.20. The van der Waals surface area contributed by atoms with Crippen molar-refractivity contribution in [2.75, 3.05) is 13.2 Å². The molecule has 0 aliphatic heterocycles. The summed E-state index contributed by atoms with van der Waals surface area (Å²) in [5.41, 5.74) is 0. The van der Waals surface area contributed by atoms with Gasteiger partial charge in [0.15, 0.2) is 6.10 Å². The van der Waals surface area contributed by atoms with Crippen LogP contribution in [0.15, 0.2) is 0 Å². The van der Waals surface area contributed by atoms with Crippen LogP contribution in [-0.4, -0.2) is 37.2 Å². The van der Waals surface area contributed by atoms with Crippen molar-refractivity contribution in [2.45, 2.75) is 298 Å². The minimum Gasteiger partial charge on any atom is -0.462 e. The Kier molecular flexibility index (Phi) is 44.7. The average molecular weight is 835 g/mol. The number of hydrogen-bond donors (Lipinski definition) is 0. The van der Waals surface area contributed by atoms with Gasteiger partial charge in [0.2, 0.25) is 0 Å². The monoisotopic (exact) mass is 835 g/mol. The lowest BCUT2D eigenvalue weighted by atomic mass is 10.0. The van der Waals surface area contributed by atoms with Crippen molar-refractivity contribution in [1.29, 1.82) is 0 Å². The second kappa shape index (κ2) is 45.9. The van der Waals surface area contributed by atoms with Gasteiger partial charge in [0, 0.05) is 19.3 Å². The minimum atomic E-state index is -0.762. The van der Waals surface area contributed by atoms with E-state index in [1.54, 1.807) is 0 Å². The maximum Gasteiger partial charge on any atom is 0.306 e. The molecule has 0 bridgehead atoms. The van der Waals surface area contributed by atoms with Gasteiger partial charge in [-0.1, -0.05) is 253 Å². The van der Waals surface area contributed by atoms with E-state index >= 15 is 0 Å². The van der Waals surface area contributed by atoms with Crippen LogP contribution in [0.5, 0.6) is 0 Å². The molecule has 59 heavy (non-hydrogen) atoms. The smallest absolute Gasteiger partial charge is 0.306 e. The SMILES string of the molecule is CCCCCCCCCCCCCCCCCC(=O)OC[C@@H](COC(=O)CCCCCCCCCC(C)C)OC(=O)CCCCCCCCCCCCCCCC(C)C. The first-order valence-electron chi connectivity index (χ1n) is 26.2. The van der Waals surface area contributed by atoms with E-state index in [0.29, 0.717) is 19.3 Å². The molecule has 0 unspecified atom stereocenters. The Morgan fingerprint density at radius 3 is 0.831 bits per heavy atom. The highest BCUT2D eigenvalue weighted by Crippen LogP contribution is 2.17. The van der Waals surface area contributed by atoms with Gasteiger partial charge in [0.25, 0.3) is 0 Å². The maximum atomic E-state index is 12.8. The lowest BCUT2D eigenvalue weighted by Gasteiger charge is -2.18. The Morgan fingerprint density at radius 1 is 0.322 bits per heavy atom. The second-order valence-electron chi connectivity index (χ2n) is 19.1. The van der Waals surface area contributed by atoms with Crippen LogP contribution in [0.2, 0.25) is 0 Å². The van der Waals surface area contributed by atoms with Gasteiger partial charge in [-0.15, -0.1) is 0 Å². The highest BCUT2D eigenvalue weighted by Gasteiger charge is 2.19. The molecule has 0 saturated heterocycles. The third-order valence-corrected chi connectivity index (χ3v) is 12.0. The summed E-state index contributed by atoms with van der Waals surface area (Å²) in [6, 6.07) is 0. The summed E-state index contributed by atoms with van der Waals surface area (Å²) >= 11 is 0. The molecule has 1 atom stereocenters. The first-order chi connectivity index (χ1) is 28.7. The fourth-order valence-corrected chi connectivity index (χ4v) is 7.99. The molecule has 0 amide bonds. The Balaban J connectivity index is 4.29. The molecular formula is C53H102O6. The zero-order chi connectivity index (χ0) is 43.3. The zero-order valence-corrected chi connectivity index (χ0v) is 40.4. The fourth-order valence-electron chi connectivity index (χ4n) is 7.99. The number of unbranched alkanes of at least 4 members (excludes halogenated alkanes) is 32. The predicted molar refractivity (Wildman–Crippen MR) is 252 cm³/mol. The Morgan fingerprint density at radius 2 is 0.559 bits per heavy atom. The molecule has 0 fully saturated rings. The lowest BCUT2D eigenvalue weighted by molar-refractivity contribution is -0.167. The molecule has 0 rings (SSSR count). The lowest BCUT2D eigenvalue weighted by Crippen LogP contribution is -2.30. The Bertz CT molecular complexity index is 900. The standard InChI is InChI=1S/C53H102O6/c1-6-7-8-9-10-11-12-13-14-17-20-23-28-33-38-43-51(54)57-46-50(47-58-52(55)44-39-34-30-25-27-32-37-42-49(4)5)59-53(56)45-40-35-29-24-21-18-15-16-19-22-26-31-36-41-48(2)3/h48-50H,6-47H2,1-5H3/t50-/m0/s1. The highest BCUT2D eigenvalue weighted by atomic mass is 16.6. The molecule has 0 aliphatic carbocycles. The third kappa shape index (κ3) is 47.3. The largest absolute Gasteiger partial charge is 0.462 e. The van der Waals surface area contributed by atoms with Crippen molar-refractivity contribution in [2.24, 2.45) is 11.8 Å². The van der Waals surface area contributed by atoms with Gasteiger partial charge in [-0.25, -0.2) is 0 Å². The van der Waals surface area contributed by atoms with Crippen LogP contribution in [-0.2, 0) is 28.6 Å². The van der Waals surface area contributed by atoms with E-state index in [1.807, 2.05) is 0 Å². The zero-order valence-electron chi connectivity index (χ0n) is 40.4. The molecule has 0 aromatic heterocycles. The summed E-state index contributed by atoms with van der Waals surface area (Å²) in [5.74, 6) is 0.770. The molecule has 0 aromatic carbocycles. The number of esters is 3. The topological polar surface area (TPSA) is 78.9 Å².